The Morgan fingerprint density at radius 2 is 0.440 bits per heavy atom. The molecule has 818 valence electrons. The minimum atomic E-state index is -0.494. The third-order valence-corrected chi connectivity index (χ3v) is 26.1. The zero-order chi connectivity index (χ0) is 113. The smallest absolute Gasteiger partial charge is 0.333 e. The van der Waals surface area contributed by atoms with Crippen molar-refractivity contribution in [3.8, 4) is 0 Å². The predicted octanol–water partition coefficient (Wildman–Crippen LogP) is 26.9. The monoisotopic (exact) mass is 2180 g/mol. The first-order valence-electron chi connectivity index (χ1n) is 46.4. The van der Waals surface area contributed by atoms with Crippen molar-refractivity contribution in [1.29, 1.82) is 0 Å². The zero-order valence-electron chi connectivity index (χ0n) is 93.8. The maximum Gasteiger partial charge on any atom is 0.333 e. The summed E-state index contributed by atoms with van der Waals surface area (Å²) in [4.78, 5) is 133. The molecule has 141 heavy (non-hydrogen) atoms. The van der Waals surface area contributed by atoms with E-state index in [0.717, 1.165) is 47.4 Å². The highest BCUT2D eigenvalue weighted by Crippen LogP contribution is 2.29. The molecule has 0 aliphatic rings. The van der Waals surface area contributed by atoms with Crippen molar-refractivity contribution in [3.05, 3.63) is 146 Å². The van der Waals surface area contributed by atoms with E-state index in [1.165, 1.54) is 0 Å². The molecule has 34 heteroatoms. The van der Waals surface area contributed by atoms with E-state index in [0.29, 0.717) is 148 Å². The van der Waals surface area contributed by atoms with Gasteiger partial charge in [0.1, 0.15) is 62.7 Å². The summed E-state index contributed by atoms with van der Waals surface area (Å²) in [5, 5.41) is 2.71. The molecule has 0 fully saturated rings. The molecule has 0 saturated carbocycles. The molecule has 0 aliphatic carbocycles. The van der Waals surface area contributed by atoms with Crippen molar-refractivity contribution in [2.45, 2.75) is 357 Å². The minimum Gasteiger partial charge on any atom is -0.462 e. The van der Waals surface area contributed by atoms with Crippen LogP contribution in [-0.4, -0.2) is 244 Å². The van der Waals surface area contributed by atoms with Crippen LogP contribution in [0.3, 0.4) is 0 Å². The van der Waals surface area contributed by atoms with Crippen molar-refractivity contribution >= 4 is 189 Å². The number of carbonyl (C=O) groups is 12. The third kappa shape index (κ3) is 128. The fraction of sp³-hybridized carbons (Fsp3) is 0.664. The lowest BCUT2D eigenvalue weighted by molar-refractivity contribution is -0.152. The van der Waals surface area contributed by atoms with Gasteiger partial charge in [-0.15, -0.1) is 23.5 Å². The molecule has 0 aromatic carbocycles. The van der Waals surface area contributed by atoms with Crippen LogP contribution < -0.4 is 0 Å². The van der Waals surface area contributed by atoms with Gasteiger partial charge in [-0.2, -0.15) is 94.1 Å². The van der Waals surface area contributed by atoms with Crippen LogP contribution in [0.15, 0.2) is 146 Å². The van der Waals surface area contributed by atoms with Gasteiger partial charge in [0, 0.05) is 130 Å². The quantitative estimate of drug-likeness (QED) is 0.0179. The average molecular weight is 2180 g/mol. The van der Waals surface area contributed by atoms with Gasteiger partial charge in [0.2, 0.25) is 0 Å². The minimum absolute atomic E-state index is 0.0216. The highest BCUT2D eigenvalue weighted by atomic mass is 32.2. The lowest BCUT2D eigenvalue weighted by Crippen LogP contribution is -2.29. The van der Waals surface area contributed by atoms with Gasteiger partial charge in [-0.3, -0.25) is 0 Å². The van der Waals surface area contributed by atoms with Crippen molar-refractivity contribution in [3.63, 3.8) is 0 Å². The lowest BCUT2D eigenvalue weighted by atomic mass is 10.3. The van der Waals surface area contributed by atoms with Crippen molar-refractivity contribution in [2.24, 2.45) is 0 Å². The van der Waals surface area contributed by atoms with Gasteiger partial charge < -0.3 is 56.8 Å². The van der Waals surface area contributed by atoms with E-state index in [2.05, 4.69) is 238 Å². The highest BCUT2D eigenvalue weighted by molar-refractivity contribution is 8.02. The first-order chi connectivity index (χ1) is 64.0. The highest BCUT2D eigenvalue weighted by Gasteiger charge is 2.24. The molecule has 0 bridgehead atoms. The van der Waals surface area contributed by atoms with Gasteiger partial charge in [0.15, 0.2) is 0 Å². The summed E-state index contributed by atoms with van der Waals surface area (Å²) in [7, 11) is 0. The number of hydrogen-bond acceptors (Lipinski definition) is 34. The Kier molecular flexibility index (Phi) is 98.2. The van der Waals surface area contributed by atoms with Gasteiger partial charge in [-0.25, -0.2) is 57.5 Å². The van der Waals surface area contributed by atoms with Crippen LogP contribution in [0.5, 0.6) is 0 Å². The Hall–Kier alpha value is -5.98. The van der Waals surface area contributed by atoms with E-state index in [-0.39, 0.29) is 92.2 Å². The number of rotatable bonds is 51. The molecule has 0 amide bonds. The number of esters is 12. The zero-order valence-corrected chi connectivity index (χ0v) is 102. The fourth-order valence-electron chi connectivity index (χ4n) is 6.56. The van der Waals surface area contributed by atoms with Gasteiger partial charge in [0.25, 0.3) is 0 Å². The summed E-state index contributed by atoms with van der Waals surface area (Å²) in [6, 6.07) is 0. The Balaban J connectivity index is -0.000000170. The molecule has 0 radical (unpaired) electrons. The number of thioether (sulfide) groups is 10. The van der Waals surface area contributed by atoms with Crippen LogP contribution in [0.4, 0.5) is 0 Å². The van der Waals surface area contributed by atoms with E-state index < -0.39 is 36.1 Å². The van der Waals surface area contributed by atoms with Gasteiger partial charge in [0.05, 0.1) is 13.2 Å². The summed E-state index contributed by atoms with van der Waals surface area (Å²) < 4.78 is 61.2. The third-order valence-electron chi connectivity index (χ3n) is 13.8. The predicted molar refractivity (Wildman–Crippen MR) is 615 cm³/mol. The molecule has 0 aliphatic heterocycles. The normalized spacial score (nSPS) is 11.5. The van der Waals surface area contributed by atoms with Gasteiger partial charge in [-0.1, -0.05) is 252 Å². The fourth-order valence-corrected chi connectivity index (χ4v) is 13.7. The van der Waals surface area contributed by atoms with Crippen LogP contribution in [0, 0.1) is 0 Å². The molecular formula is C107H186O24S10. The van der Waals surface area contributed by atoms with Crippen LogP contribution in [0.25, 0.3) is 0 Å². The molecule has 0 spiro atoms. The van der Waals surface area contributed by atoms with Gasteiger partial charge >= 0.3 is 71.6 Å². The number of carbonyl (C=O) groups excluding carboxylic acids is 12. The molecule has 24 nitrogen and oxygen atoms in total. The summed E-state index contributed by atoms with van der Waals surface area (Å²) in [6.07, 6.45) is 0.773. The maximum absolute atomic E-state index is 11.6. The lowest BCUT2D eigenvalue weighted by Gasteiger charge is -2.23. The molecule has 0 aromatic rings. The number of hydrogen-bond donors (Lipinski definition) is 0. The van der Waals surface area contributed by atoms with E-state index in [4.69, 9.17) is 56.8 Å². The van der Waals surface area contributed by atoms with Crippen LogP contribution in [-0.2, 0) is 114 Å². The summed E-state index contributed by atoms with van der Waals surface area (Å²) in [6.45, 7) is 120. The average Bonchev–Trinajstić information content (AvgIpc) is 0.908. The molecule has 4 atom stereocenters. The SMILES string of the molecule is C=C(C)C(=O)OC(C)CSC(C)(C)C.C=C(C)C(=O)OC(C)CSC(C)C.C=C(C)C(=O)OCC(CSC(C)(C)C)OC(=O)C(=C)C.C=C(C)C(=O)OCC(CSC(C)C)OC(=O)C(=C)C.C=C(C)C(=O)OCCCSC(C)(C)C.C=C(C)C(=O)OCCCSC(C)C.C=C(C)C(=O)OCCSC(C)(C)C.C=C(C)C(=O)OCCSC(C)C.C=C(C)C(=O)OCSC(C)(C)C.C=C(C)C(=O)OCSC(C)C. The van der Waals surface area contributed by atoms with E-state index in [1.807, 2.05) is 51.2 Å². The molecule has 0 saturated heterocycles. The van der Waals surface area contributed by atoms with E-state index in [9.17, 15) is 57.5 Å². The Morgan fingerprint density at radius 1 is 0.213 bits per heavy atom. The van der Waals surface area contributed by atoms with Crippen LogP contribution in [0.1, 0.15) is 283 Å². The Bertz CT molecular complexity index is 3800. The summed E-state index contributed by atoms with van der Waals surface area (Å²) >= 11 is 17.3. The van der Waals surface area contributed by atoms with Crippen molar-refractivity contribution < 1.29 is 114 Å². The maximum atomic E-state index is 11.6. The molecule has 4 unspecified atom stereocenters. The van der Waals surface area contributed by atoms with Crippen LogP contribution >= 0.6 is 118 Å². The second-order valence-electron chi connectivity index (χ2n) is 38.2. The first-order valence-corrected chi connectivity index (χ1v) is 56.5. The topological polar surface area (TPSA) is 316 Å². The van der Waals surface area contributed by atoms with E-state index in [1.54, 1.807) is 177 Å². The van der Waals surface area contributed by atoms with Gasteiger partial charge in [-0.05, 0) is 142 Å². The number of ether oxygens (including phenoxy) is 12. The van der Waals surface area contributed by atoms with Crippen LogP contribution in [0.2, 0.25) is 0 Å². The molecular weight excluding hydrogens is 1990 g/mol. The molecule has 0 heterocycles. The Morgan fingerprint density at radius 3 is 0.738 bits per heavy atom. The van der Waals surface area contributed by atoms with Crippen molar-refractivity contribution in [1.82, 2.24) is 0 Å². The second kappa shape index (κ2) is 89.2. The summed E-state index contributed by atoms with van der Waals surface area (Å²) in [5.74, 6) is 3.07. The first kappa shape index (κ1) is 155. The molecule has 0 N–H and O–H groups in total. The second-order valence-corrected chi connectivity index (χ2v) is 55.6. The Labute approximate surface area is 897 Å². The standard InChI is InChI=1S/C15H24O4S.C14H22O4S.2C11H20O2S.3C10H18O2S.2C9H16O2S.C8H14O2S/c1-10(2)13(16)18-8-12(9-20-15(5,6)7)19-14(17)11(3)4;1-9(2)13(15)17-7-12(8-19-11(5)6)18-14(16)10(3)4;1-8(2)10(12)13-9(3)7-14-11(4,5)6;1-9(2)10(12)13-7-6-8-14-11(3,4)5;1-8(2)9(11)12-6-7-13-10(3,4)5;1-7(2)10(11)12-9(5)6-13-8(3)4;1-8(2)10(11)12-6-5-7-13-9(3)4;1-7(2)8(10)11-6-12-9(3,4)5;1-7(2)9(10)11-5-6-12-8(3)4;1-6(2)8(9)10-5-11-7(3)4/h12H,1,3,8-9H2,2,4-7H3;11-12H,1,3,7-8H2,2,4-6H3;9H,1,7H2,2-6H3;1,6-8H2,2-5H3;1,6-7H2,2-5H3;8-9H,1,6H2,2-5H3;9H,1,5-7H2,2-4H3;1,6H2,2-5H3;8H,1,5-6H2,2-4H3;7H,1,5H2,2-4H3. The largest absolute Gasteiger partial charge is 0.462 e. The van der Waals surface area contributed by atoms with Crippen molar-refractivity contribution in [2.75, 3.05) is 97.5 Å². The molecule has 0 rings (SSSR count). The molecule has 0 aromatic heterocycles. The summed E-state index contributed by atoms with van der Waals surface area (Å²) in [5.41, 5.74) is 4.96. The van der Waals surface area contributed by atoms with E-state index >= 15 is 0 Å².